The summed E-state index contributed by atoms with van der Waals surface area (Å²) in [6.07, 6.45) is -3.27. The lowest BCUT2D eigenvalue weighted by molar-refractivity contribution is -0.684. The van der Waals surface area contributed by atoms with Crippen LogP contribution in [0.25, 0.3) is 0 Å². The lowest BCUT2D eigenvalue weighted by atomic mass is 9.74. The molecule has 6 aromatic carbocycles. The molecule has 6 radical (unpaired) electrons. The fourth-order valence-electron chi connectivity index (χ4n) is 10.9. The third-order valence-corrected chi connectivity index (χ3v) is 20.6. The second-order valence-electron chi connectivity index (χ2n) is 21.9. The third kappa shape index (κ3) is 19.6. The molecule has 4 fully saturated rings. The summed E-state index contributed by atoms with van der Waals surface area (Å²) < 4.78 is 53.1. The standard InChI is InChI=1S/C26H29BClN2O3P.C24H24BNO2.C6H13NO2.C5H9BO4.C2H6Cl2NOP/c1-29(2)34(28,31)32-20-24-18-30(19-25(27)33-24)26(21-12-6-3-7-13-21,22-14-8-4-9-15-22)23-16-10-5-11-17-23;25-23-17-26(16-22(18-27)28-23)24(19-10-4-1-5-11-19,20-12-6-2-7-13-20)21-14-8-3-9-15-21;1-5-2-7-3-6(4-8)9-5;6-5-4(9)3(8)2(1-7)10-5;1-5(2)7(3,4)6/h3-17,24-25H,18-20H2,1-2H3;1-15,22-23,27H,16-18H2;5-8H,2-4H2,1H3;2-5,7-9H,1H2;1-2H3/p+1. The summed E-state index contributed by atoms with van der Waals surface area (Å²) in [6.45, 7) is 2.53. The van der Waals surface area contributed by atoms with Gasteiger partial charge in [0.15, 0.2) is 0 Å². The van der Waals surface area contributed by atoms with Gasteiger partial charge in [0.2, 0.25) is 0 Å². The molecule has 0 bridgehead atoms. The predicted octanol–water partition coefficient (Wildman–Crippen LogP) is 6.32. The van der Waals surface area contributed by atoms with Crippen LogP contribution in [0.1, 0.15) is 40.3 Å². The number of aliphatic hydroxyl groups is 5. The number of ether oxygens (including phenoxy) is 4. The van der Waals surface area contributed by atoms with E-state index in [-0.39, 0.29) is 38.6 Å². The molecule has 6 aromatic rings. The van der Waals surface area contributed by atoms with Crippen LogP contribution in [0.2, 0.25) is 0 Å². The molecule has 25 heteroatoms. The predicted molar refractivity (Wildman–Crippen MR) is 350 cm³/mol. The van der Waals surface area contributed by atoms with E-state index in [1.165, 1.54) is 9.34 Å². The number of quaternary nitrogens is 1. The van der Waals surface area contributed by atoms with E-state index in [9.17, 15) is 14.2 Å². The number of rotatable bonds is 16. The average molecular weight is 1300 g/mol. The minimum absolute atomic E-state index is 0.0569. The zero-order valence-electron chi connectivity index (χ0n) is 50.4. The molecule has 10 rings (SSSR count). The highest BCUT2D eigenvalue weighted by Gasteiger charge is 2.47. The van der Waals surface area contributed by atoms with Crippen molar-refractivity contribution in [2.45, 2.75) is 78.7 Å². The van der Waals surface area contributed by atoms with Crippen molar-refractivity contribution < 1.29 is 63.5 Å². The van der Waals surface area contributed by atoms with E-state index < -0.39 is 66.4 Å². The van der Waals surface area contributed by atoms with Crippen LogP contribution < -0.4 is 5.32 Å². The topological polar surface area (TPSA) is 211 Å². The summed E-state index contributed by atoms with van der Waals surface area (Å²) in [6, 6.07) is 60.8. The number of hydrogen-bond donors (Lipinski definition) is 6. The van der Waals surface area contributed by atoms with Crippen molar-refractivity contribution >= 4 is 70.1 Å². The van der Waals surface area contributed by atoms with Crippen molar-refractivity contribution in [3.63, 3.8) is 0 Å². The number of benzene rings is 6. The highest BCUT2D eigenvalue weighted by molar-refractivity contribution is 8.06. The Hall–Kier alpha value is -3.76. The summed E-state index contributed by atoms with van der Waals surface area (Å²) in [5.74, 6) is -2.96. The molecule has 4 aliphatic heterocycles. The summed E-state index contributed by atoms with van der Waals surface area (Å²) in [7, 11) is 24.2. The minimum Gasteiger partial charge on any atom is -0.394 e. The molecule has 470 valence electrons. The molecule has 4 saturated heterocycles. The number of aliphatic hydroxyl groups excluding tert-OH is 5. The van der Waals surface area contributed by atoms with E-state index in [4.69, 9.17) is 101 Å². The summed E-state index contributed by atoms with van der Waals surface area (Å²) >= 11 is 16.3. The van der Waals surface area contributed by atoms with Crippen LogP contribution in [0.5, 0.6) is 0 Å². The minimum atomic E-state index is -3.42. The Labute approximate surface area is 537 Å². The molecule has 0 aliphatic carbocycles. The summed E-state index contributed by atoms with van der Waals surface area (Å²) in [5, 5.41) is 47.1. The van der Waals surface area contributed by atoms with Gasteiger partial charge in [-0.2, -0.15) is 0 Å². The quantitative estimate of drug-likeness (QED) is 0.0356. The van der Waals surface area contributed by atoms with Crippen molar-refractivity contribution in [2.75, 3.05) is 93.9 Å². The zero-order chi connectivity index (χ0) is 64.1. The SMILES string of the molecule is CC1C[NH2+]CC(CO)O1.CN(C)P(=O)(Cl)Cl.[B]C1CN(C(c2ccccc2)(c2ccccc2)c2ccccc2)CC(CO)O1.[B]C1CN(C(c2ccccc2)(c2ccccc2)c2ccccc2)CC(COP(=O)(Cl)N(C)C)O1.[B]C1OC(CO)C(O)C1O. The Morgan fingerprint density at radius 3 is 1.11 bits per heavy atom. The Kier molecular flexibility index (Phi) is 29.4. The van der Waals surface area contributed by atoms with Gasteiger partial charge >= 0.3 is 12.9 Å². The highest BCUT2D eigenvalue weighted by atomic mass is 35.9. The maximum Gasteiger partial charge on any atom is 0.362 e. The normalized spacial score (nSPS) is 25.0. The molecule has 0 saturated carbocycles. The molecule has 17 nitrogen and oxygen atoms in total. The zero-order valence-corrected chi connectivity index (χ0v) is 54.4. The van der Waals surface area contributed by atoms with Crippen LogP contribution in [-0.2, 0) is 43.7 Å². The Morgan fingerprint density at radius 1 is 0.511 bits per heavy atom. The Bertz CT molecular complexity index is 2840. The van der Waals surface area contributed by atoms with Crippen molar-refractivity contribution in [1.82, 2.24) is 19.1 Å². The number of nitrogens with two attached hydrogens (primary N) is 1. The second-order valence-corrected chi connectivity index (χ2v) is 30.1. The van der Waals surface area contributed by atoms with Gasteiger partial charge in [-0.05, 0) is 102 Å². The van der Waals surface area contributed by atoms with E-state index in [0.717, 1.165) is 46.5 Å². The van der Waals surface area contributed by atoms with Gasteiger partial charge in [0, 0.05) is 44.2 Å². The molecular weight excluding hydrogens is 1220 g/mol. The van der Waals surface area contributed by atoms with Crippen LogP contribution >= 0.6 is 46.6 Å². The van der Waals surface area contributed by atoms with E-state index in [1.807, 2.05) is 43.3 Å². The van der Waals surface area contributed by atoms with Gasteiger partial charge in [-0.3, -0.25) is 18.9 Å². The molecule has 0 aromatic heterocycles. The number of nitrogens with zero attached hydrogens (tertiary/aromatic N) is 4. The van der Waals surface area contributed by atoms with Crippen molar-refractivity contribution in [3.8, 4) is 0 Å². The Morgan fingerprint density at radius 2 is 0.852 bits per heavy atom. The smallest absolute Gasteiger partial charge is 0.362 e. The largest absolute Gasteiger partial charge is 0.394 e. The first kappa shape index (κ1) is 73.3. The lowest BCUT2D eigenvalue weighted by Crippen LogP contribution is -2.91. The van der Waals surface area contributed by atoms with Crippen LogP contribution in [0.3, 0.4) is 0 Å². The maximum atomic E-state index is 12.5. The van der Waals surface area contributed by atoms with Gasteiger partial charge in [0.25, 0.3) is 0 Å². The van der Waals surface area contributed by atoms with Gasteiger partial charge in [-0.15, -0.1) is 0 Å². The Balaban J connectivity index is 0.000000202. The second kappa shape index (κ2) is 35.3. The van der Waals surface area contributed by atoms with E-state index >= 15 is 0 Å². The first-order chi connectivity index (χ1) is 42.0. The summed E-state index contributed by atoms with van der Waals surface area (Å²) in [5.41, 5.74) is 5.72. The first-order valence-electron chi connectivity index (χ1n) is 29.0. The first-order valence-corrected chi connectivity index (χ1v) is 35.0. The van der Waals surface area contributed by atoms with E-state index in [2.05, 4.69) is 161 Å². The average Bonchev–Trinajstić information content (AvgIpc) is 0.915. The van der Waals surface area contributed by atoms with Gasteiger partial charge in [0.1, 0.15) is 61.0 Å². The molecule has 0 amide bonds. The molecule has 7 N–H and O–H groups in total. The van der Waals surface area contributed by atoms with Crippen molar-refractivity contribution in [3.05, 3.63) is 215 Å². The highest BCUT2D eigenvalue weighted by Crippen LogP contribution is 2.58. The molecule has 11 unspecified atom stereocenters. The number of halogens is 3. The third-order valence-electron chi connectivity index (χ3n) is 15.2. The van der Waals surface area contributed by atoms with Gasteiger partial charge < -0.3 is 54.3 Å². The van der Waals surface area contributed by atoms with Crippen molar-refractivity contribution in [1.29, 1.82) is 0 Å². The van der Waals surface area contributed by atoms with Crippen molar-refractivity contribution in [2.24, 2.45) is 0 Å². The van der Waals surface area contributed by atoms with E-state index in [1.54, 1.807) is 28.2 Å². The van der Waals surface area contributed by atoms with E-state index in [0.29, 0.717) is 32.3 Å². The van der Waals surface area contributed by atoms with Crippen LogP contribution in [0.4, 0.5) is 0 Å². The molecular formula is C63H82B3Cl3N5O12P2+. The fourth-order valence-corrected chi connectivity index (χ4v) is 11.7. The molecule has 4 heterocycles. The lowest BCUT2D eigenvalue weighted by Gasteiger charge is -2.50. The molecule has 88 heavy (non-hydrogen) atoms. The molecule has 0 spiro atoms. The van der Waals surface area contributed by atoms with Gasteiger partial charge in [-0.1, -0.05) is 182 Å². The number of morpholine rings is 3. The van der Waals surface area contributed by atoms with Crippen LogP contribution in [-0.4, -0.2) is 223 Å². The monoisotopic (exact) mass is 1300 g/mol. The van der Waals surface area contributed by atoms with Crippen LogP contribution in [0, 0.1) is 0 Å². The molecule has 11 atom stereocenters. The van der Waals surface area contributed by atoms with Crippen LogP contribution in [0.15, 0.2) is 182 Å². The van der Waals surface area contributed by atoms with Gasteiger partial charge in [0.05, 0.1) is 55.8 Å². The molecule has 4 aliphatic rings. The maximum absolute atomic E-state index is 12.5. The fraction of sp³-hybridized carbons (Fsp3) is 0.429. The summed E-state index contributed by atoms with van der Waals surface area (Å²) in [4.78, 5) is 4.69. The van der Waals surface area contributed by atoms with Gasteiger partial charge in [-0.25, -0.2) is 9.34 Å². The number of hydrogen-bond acceptors (Lipinski definition) is 14.